The van der Waals surface area contributed by atoms with E-state index in [-0.39, 0.29) is 29.9 Å². The molecule has 92 heavy (non-hydrogen) atoms. The summed E-state index contributed by atoms with van der Waals surface area (Å²) in [5.74, 6) is 0. The van der Waals surface area contributed by atoms with Gasteiger partial charge in [0.25, 0.3) is 16.7 Å². The standard InChI is InChI=1S/C24H28N6O.C23H26N6O2.C22H24N6O2/c1-4-18-12-19(15-29-14-17(2)25-24(18)29)21-13-23(31)30-16-20(6-7-22(30)26-21)28-9-5-8-27(3)10-11-28;1-3-26-6-8-27(9-7-26)19-4-5-21-25-20(11-22(31)29(21)14-19)17-10-18(15-30)23-24-16(2)12-28(23)13-17;1-15-11-27-12-16(9-17(14-29)22(27)23-15)19-10-21(30)28-13-18(3-4-20(28)24-19)26-7-5-25(2)6-8-26/h6-7,12-16H,4-5,8-11H2,1-3H3;4-5,10-14,30H,3,6-9,15H2,1-2H3;3-4,9-13,29H,5-8,14H2,1-2H3. The van der Waals surface area contributed by atoms with Gasteiger partial charge in [-0.25, -0.2) is 29.9 Å². The topological polar surface area (TPSA) is 215 Å². The van der Waals surface area contributed by atoms with Gasteiger partial charge in [-0.05, 0) is 121 Å². The fraction of sp³-hybridized carbons (Fsp3) is 0.348. The molecule has 3 saturated heterocycles. The van der Waals surface area contributed by atoms with Gasteiger partial charge in [-0.1, -0.05) is 13.8 Å². The van der Waals surface area contributed by atoms with Crippen LogP contribution in [-0.2, 0) is 19.6 Å². The summed E-state index contributed by atoms with van der Waals surface area (Å²) in [5.41, 5.74) is 16.7. The molecular weight excluding hydrogens is 1160 g/mol. The summed E-state index contributed by atoms with van der Waals surface area (Å²) < 4.78 is 10.7. The van der Waals surface area contributed by atoms with E-state index in [0.717, 1.165) is 160 Å². The average Bonchev–Trinajstić information content (AvgIpc) is 1.28. The maximum Gasteiger partial charge on any atom is 0.258 e. The molecule has 0 saturated carbocycles. The van der Waals surface area contributed by atoms with Crippen LogP contribution in [-0.4, -0.2) is 180 Å². The number of imidazole rings is 3. The van der Waals surface area contributed by atoms with E-state index >= 15 is 0 Å². The first-order valence-corrected chi connectivity index (χ1v) is 31.7. The minimum absolute atomic E-state index is 0.0613. The first-order valence-electron chi connectivity index (χ1n) is 31.7. The van der Waals surface area contributed by atoms with Gasteiger partial charge >= 0.3 is 0 Å². The molecule has 12 aromatic rings. The maximum atomic E-state index is 13.0. The third-order valence-corrected chi connectivity index (χ3v) is 17.9. The third-order valence-electron chi connectivity index (χ3n) is 17.9. The Morgan fingerprint density at radius 3 is 1.11 bits per heavy atom. The normalized spacial score (nSPS) is 15.4. The number of pyridine rings is 6. The molecule has 0 atom stereocenters. The molecule has 0 spiro atoms. The second-order valence-electron chi connectivity index (χ2n) is 24.4. The van der Waals surface area contributed by atoms with Crippen molar-refractivity contribution >= 4 is 50.9 Å². The van der Waals surface area contributed by atoms with Crippen LogP contribution in [0.3, 0.4) is 0 Å². The van der Waals surface area contributed by atoms with Gasteiger partial charge in [0, 0.05) is 174 Å². The quantitative estimate of drug-likeness (QED) is 0.149. The Balaban J connectivity index is 0.000000126. The second-order valence-corrected chi connectivity index (χ2v) is 24.4. The van der Waals surface area contributed by atoms with Crippen LogP contribution in [0, 0.1) is 20.8 Å². The number of anilines is 3. The average molecular weight is 1240 g/mol. The molecule has 0 bridgehead atoms. The SMILES string of the molecule is CCN1CCN(c2ccc3nc(-c4cc(CO)c5nc(C)cn5c4)cc(=O)n3c2)CC1.CCc1cc(-c2cc(=O)n3cc(N4CCCN(C)CC4)ccc3n2)cn2cc(C)nc12.Cc1cn2cc(-c3cc(=O)n4cc(N5CCN(C)CC5)ccc4n3)cc(CO)c2n1. The zero-order valence-electron chi connectivity index (χ0n) is 53.3. The van der Waals surface area contributed by atoms with Crippen LogP contribution in [0.25, 0.3) is 67.7 Å². The predicted octanol–water partition coefficient (Wildman–Crippen LogP) is 6.54. The van der Waals surface area contributed by atoms with E-state index in [1.54, 1.807) is 31.4 Å². The molecule has 0 radical (unpaired) electrons. The molecule has 0 amide bonds. The van der Waals surface area contributed by atoms with Crippen molar-refractivity contribution < 1.29 is 10.2 Å². The highest BCUT2D eigenvalue weighted by molar-refractivity contribution is 5.70. The Morgan fingerprint density at radius 1 is 0.391 bits per heavy atom. The fourth-order valence-corrected chi connectivity index (χ4v) is 12.8. The number of hydrogen-bond acceptors (Lipinski definition) is 17. The minimum atomic E-state index is -0.130. The van der Waals surface area contributed by atoms with Gasteiger partial charge in [0.15, 0.2) is 0 Å². The lowest BCUT2D eigenvalue weighted by Gasteiger charge is -2.35. The lowest BCUT2D eigenvalue weighted by Crippen LogP contribution is -2.46. The second kappa shape index (κ2) is 25.9. The Kier molecular flexibility index (Phi) is 17.2. The number of aliphatic hydroxyl groups is 2. The molecule has 3 fully saturated rings. The molecule has 0 aromatic carbocycles. The maximum absolute atomic E-state index is 13.0. The molecule has 3 aliphatic heterocycles. The number of aryl methyl sites for hydroxylation is 4. The van der Waals surface area contributed by atoms with Gasteiger partial charge in [0.1, 0.15) is 33.9 Å². The molecule has 15 heterocycles. The van der Waals surface area contributed by atoms with Crippen molar-refractivity contribution in [2.45, 2.75) is 60.7 Å². The van der Waals surface area contributed by atoms with Gasteiger partial charge in [0.05, 0.1) is 64.4 Å². The molecule has 0 aliphatic carbocycles. The van der Waals surface area contributed by atoms with Gasteiger partial charge in [-0.3, -0.25) is 27.6 Å². The third kappa shape index (κ3) is 12.6. The van der Waals surface area contributed by atoms with Gasteiger partial charge in [0.2, 0.25) is 0 Å². The number of hydrogen-bond donors (Lipinski definition) is 2. The molecule has 3 aliphatic rings. The zero-order chi connectivity index (χ0) is 63.9. The van der Waals surface area contributed by atoms with Crippen molar-refractivity contribution in [1.82, 2.24) is 71.0 Å². The molecule has 474 valence electrons. The number of nitrogens with zero attached hydrogens (tertiary/aromatic N) is 18. The van der Waals surface area contributed by atoms with Crippen molar-refractivity contribution in [3.63, 3.8) is 0 Å². The highest BCUT2D eigenvalue weighted by Crippen LogP contribution is 2.28. The summed E-state index contributed by atoms with van der Waals surface area (Å²) in [6.45, 7) is 22.9. The van der Waals surface area contributed by atoms with E-state index in [9.17, 15) is 24.6 Å². The molecule has 0 unspecified atom stereocenters. The summed E-state index contributed by atoms with van der Waals surface area (Å²) in [5, 5.41) is 19.5. The Bertz CT molecular complexity index is 4910. The molecule has 23 nitrogen and oxygen atoms in total. The van der Waals surface area contributed by atoms with Crippen LogP contribution >= 0.6 is 0 Å². The monoisotopic (exact) mass is 1240 g/mol. The van der Waals surface area contributed by atoms with Crippen LogP contribution in [0.15, 0.2) is 143 Å². The first kappa shape index (κ1) is 61.2. The van der Waals surface area contributed by atoms with Gasteiger partial charge in [-0.15, -0.1) is 0 Å². The van der Waals surface area contributed by atoms with Crippen LogP contribution in [0.2, 0.25) is 0 Å². The number of piperazine rings is 2. The van der Waals surface area contributed by atoms with Gasteiger partial charge in [-0.2, -0.15) is 0 Å². The van der Waals surface area contributed by atoms with Crippen molar-refractivity contribution in [2.24, 2.45) is 0 Å². The first-order chi connectivity index (χ1) is 44.6. The van der Waals surface area contributed by atoms with E-state index < -0.39 is 0 Å². The highest BCUT2D eigenvalue weighted by Gasteiger charge is 2.21. The molecule has 23 heteroatoms. The zero-order valence-corrected chi connectivity index (χ0v) is 53.3. The Hall–Kier alpha value is -9.65. The number of rotatable bonds is 10. The van der Waals surface area contributed by atoms with Crippen molar-refractivity contribution in [1.29, 1.82) is 0 Å². The van der Waals surface area contributed by atoms with Gasteiger partial charge < -0.3 is 52.8 Å². The van der Waals surface area contributed by atoms with Crippen molar-refractivity contribution in [3.05, 3.63) is 193 Å². The molecular formula is C69H78N18O5. The van der Waals surface area contributed by atoms with Crippen LogP contribution in [0.5, 0.6) is 0 Å². The van der Waals surface area contributed by atoms with Crippen molar-refractivity contribution in [2.75, 3.05) is 114 Å². The van der Waals surface area contributed by atoms with Crippen LogP contribution in [0.1, 0.15) is 54.0 Å². The largest absolute Gasteiger partial charge is 0.392 e. The number of aliphatic hydroxyl groups excluding tert-OH is 2. The summed E-state index contributed by atoms with van der Waals surface area (Å²) >= 11 is 0. The van der Waals surface area contributed by atoms with E-state index in [2.05, 4.69) is 84.4 Å². The lowest BCUT2D eigenvalue weighted by molar-refractivity contribution is 0.271. The summed E-state index contributed by atoms with van der Waals surface area (Å²) in [4.78, 5) is 80.7. The number of aromatic nitrogens is 12. The van der Waals surface area contributed by atoms with E-state index in [4.69, 9.17) is 15.0 Å². The lowest BCUT2D eigenvalue weighted by atomic mass is 10.1. The highest BCUT2D eigenvalue weighted by atomic mass is 16.3. The minimum Gasteiger partial charge on any atom is -0.392 e. The summed E-state index contributed by atoms with van der Waals surface area (Å²) in [6.07, 6.45) is 19.3. The van der Waals surface area contributed by atoms with Crippen LogP contribution < -0.4 is 31.4 Å². The number of fused-ring (bicyclic) bond motifs is 6. The molecule has 12 aromatic heterocycles. The smallest absolute Gasteiger partial charge is 0.258 e. The number of likely N-dealkylation sites (N-methyl/N-ethyl adjacent to an activating group) is 3. The molecule has 2 N–H and O–H groups in total. The summed E-state index contributed by atoms with van der Waals surface area (Å²) in [7, 11) is 4.28. The van der Waals surface area contributed by atoms with Crippen molar-refractivity contribution in [3.8, 4) is 33.8 Å². The Morgan fingerprint density at radius 2 is 0.739 bits per heavy atom. The van der Waals surface area contributed by atoms with E-state index in [1.807, 2.05) is 132 Å². The Labute approximate surface area is 531 Å². The van der Waals surface area contributed by atoms with Crippen LogP contribution in [0.4, 0.5) is 17.1 Å². The van der Waals surface area contributed by atoms with E-state index in [1.165, 1.54) is 0 Å². The predicted molar refractivity (Wildman–Crippen MR) is 361 cm³/mol. The fourth-order valence-electron chi connectivity index (χ4n) is 12.8. The molecule has 15 rings (SSSR count). The summed E-state index contributed by atoms with van der Waals surface area (Å²) in [6, 6.07) is 22.4. The van der Waals surface area contributed by atoms with E-state index in [0.29, 0.717) is 56.4 Å².